The molecule has 4 aromatic carbocycles. The molecule has 0 aliphatic heterocycles. The molecule has 5 rings (SSSR count). The molecule has 1 heterocycles. The molecule has 0 aliphatic carbocycles. The van der Waals surface area contributed by atoms with Gasteiger partial charge in [-0.05, 0) is 41.0 Å². The van der Waals surface area contributed by atoms with Crippen LogP contribution in [0, 0.1) is 10.1 Å². The number of azo groups is 1. The Labute approximate surface area is 239 Å². The van der Waals surface area contributed by atoms with Gasteiger partial charge in [-0.15, -0.1) is 5.11 Å². The highest BCUT2D eigenvalue weighted by Crippen LogP contribution is 2.41. The zero-order valence-corrected chi connectivity index (χ0v) is 22.7. The fourth-order valence-electron chi connectivity index (χ4n) is 4.30. The van der Waals surface area contributed by atoms with Crippen LogP contribution < -0.4 is 4.74 Å². The molecule has 0 spiro atoms. The largest absolute Gasteiger partial charge is 0.497 e. The van der Waals surface area contributed by atoms with Crippen LogP contribution in [0.2, 0.25) is 0 Å². The number of nitrogens with zero attached hydrogens (tertiary/aromatic N) is 4. The number of ether oxygens (including phenoxy) is 1. The van der Waals surface area contributed by atoms with Gasteiger partial charge in [0, 0.05) is 23.6 Å². The molecule has 0 fully saturated rings. The van der Waals surface area contributed by atoms with Crippen LogP contribution in [0.3, 0.4) is 0 Å². The summed E-state index contributed by atoms with van der Waals surface area (Å²) in [6.07, 6.45) is -0.180. The molecule has 1 N–H and O–H groups in total. The van der Waals surface area contributed by atoms with Gasteiger partial charge in [0.2, 0.25) is 5.13 Å². The van der Waals surface area contributed by atoms with Crippen molar-refractivity contribution >= 4 is 28.1 Å². The zero-order valence-electron chi connectivity index (χ0n) is 21.9. The van der Waals surface area contributed by atoms with Crippen LogP contribution in [0.4, 0.5) is 10.8 Å². The number of hydrogen-bond acceptors (Lipinski definition) is 8. The number of para-hydroxylation sites is 1. The molecular weight excluding hydrogens is 540 g/mol. The Morgan fingerprint density at radius 3 is 2.17 bits per heavy atom. The topological polar surface area (TPSA) is 127 Å². The monoisotopic (exact) mass is 564 g/mol. The number of carboxylic acid groups (broad SMARTS) is 1. The van der Waals surface area contributed by atoms with E-state index in [1.54, 1.807) is 13.2 Å². The summed E-state index contributed by atoms with van der Waals surface area (Å²) in [5, 5.41) is 29.7. The molecule has 0 radical (unpaired) electrons. The zero-order chi connectivity index (χ0) is 28.8. The molecule has 0 bridgehead atoms. The van der Waals surface area contributed by atoms with Crippen LogP contribution in [-0.2, 0) is 11.2 Å². The third kappa shape index (κ3) is 6.34. The van der Waals surface area contributed by atoms with Crippen LogP contribution >= 0.6 is 11.3 Å². The highest BCUT2D eigenvalue weighted by Gasteiger charge is 2.23. The van der Waals surface area contributed by atoms with Crippen molar-refractivity contribution in [2.45, 2.75) is 12.5 Å². The number of benzene rings is 4. The van der Waals surface area contributed by atoms with E-state index in [4.69, 9.17) is 9.72 Å². The Kier molecular flexibility index (Phi) is 8.21. The Balaban J connectivity index is 1.49. The summed E-state index contributed by atoms with van der Waals surface area (Å²) < 4.78 is 5.30. The second kappa shape index (κ2) is 12.3. The second-order valence-electron chi connectivity index (χ2n) is 9.01. The summed E-state index contributed by atoms with van der Waals surface area (Å²) in [6, 6.07) is 30.3. The number of methoxy groups -OCH3 is 1. The number of thiazole rings is 1. The SMILES string of the molecule is COc1ccc(-c2sc(N=NC(Cc3ccccc3[N+](=O)[O-])C(=O)O)nc2-c2ccc(-c3ccccc3)cc2)cc1. The summed E-state index contributed by atoms with van der Waals surface area (Å²) in [6.45, 7) is 0. The average molecular weight is 565 g/mol. The molecular formula is C31H24N4O5S. The maximum absolute atomic E-state index is 12.0. The molecule has 0 amide bonds. The first-order chi connectivity index (χ1) is 19.9. The maximum Gasteiger partial charge on any atom is 0.330 e. The predicted octanol–water partition coefficient (Wildman–Crippen LogP) is 7.84. The van der Waals surface area contributed by atoms with Gasteiger partial charge in [0.1, 0.15) is 5.75 Å². The number of rotatable bonds is 10. The molecule has 10 heteroatoms. The van der Waals surface area contributed by atoms with E-state index in [0.717, 1.165) is 27.1 Å². The van der Waals surface area contributed by atoms with Crippen LogP contribution in [0.25, 0.3) is 32.8 Å². The fraction of sp³-hybridized carbons (Fsp3) is 0.0968. The second-order valence-corrected chi connectivity index (χ2v) is 9.98. The third-order valence-electron chi connectivity index (χ3n) is 6.40. The number of hydrogen-bond donors (Lipinski definition) is 1. The minimum atomic E-state index is -1.32. The number of carboxylic acids is 1. The van der Waals surface area contributed by atoms with E-state index in [2.05, 4.69) is 10.2 Å². The van der Waals surface area contributed by atoms with E-state index < -0.39 is 16.9 Å². The highest BCUT2D eigenvalue weighted by molar-refractivity contribution is 7.19. The van der Waals surface area contributed by atoms with Gasteiger partial charge in [-0.3, -0.25) is 10.1 Å². The Bertz CT molecular complexity index is 1700. The number of aliphatic carboxylic acids is 1. The van der Waals surface area contributed by atoms with Gasteiger partial charge in [0.15, 0.2) is 6.04 Å². The quantitative estimate of drug-likeness (QED) is 0.105. The van der Waals surface area contributed by atoms with E-state index in [1.807, 2.05) is 78.9 Å². The summed E-state index contributed by atoms with van der Waals surface area (Å²) in [5.74, 6) is -0.526. The molecule has 1 atom stereocenters. The lowest BCUT2D eigenvalue weighted by Crippen LogP contribution is -2.20. The first kappa shape index (κ1) is 27.4. The van der Waals surface area contributed by atoms with Crippen molar-refractivity contribution in [2.24, 2.45) is 10.2 Å². The molecule has 41 heavy (non-hydrogen) atoms. The minimum Gasteiger partial charge on any atom is -0.497 e. The first-order valence-corrected chi connectivity index (χ1v) is 13.4. The van der Waals surface area contributed by atoms with Gasteiger partial charge in [0.25, 0.3) is 5.69 Å². The number of carbonyl (C=O) groups is 1. The van der Waals surface area contributed by atoms with E-state index in [0.29, 0.717) is 11.4 Å². The van der Waals surface area contributed by atoms with Crippen molar-refractivity contribution in [2.75, 3.05) is 7.11 Å². The Morgan fingerprint density at radius 1 is 0.902 bits per heavy atom. The number of aromatic nitrogens is 1. The molecule has 9 nitrogen and oxygen atoms in total. The lowest BCUT2D eigenvalue weighted by molar-refractivity contribution is -0.385. The molecule has 1 unspecified atom stereocenters. The Morgan fingerprint density at radius 2 is 1.51 bits per heavy atom. The predicted molar refractivity (Wildman–Crippen MR) is 158 cm³/mol. The van der Waals surface area contributed by atoms with E-state index in [-0.39, 0.29) is 22.8 Å². The third-order valence-corrected chi connectivity index (χ3v) is 7.39. The van der Waals surface area contributed by atoms with Gasteiger partial charge in [0.05, 0.1) is 22.6 Å². The maximum atomic E-state index is 12.0. The van der Waals surface area contributed by atoms with E-state index in [1.165, 1.54) is 29.5 Å². The van der Waals surface area contributed by atoms with Crippen molar-refractivity contribution in [3.8, 4) is 38.6 Å². The van der Waals surface area contributed by atoms with Gasteiger partial charge in [-0.1, -0.05) is 84.1 Å². The van der Waals surface area contributed by atoms with E-state index in [9.17, 15) is 20.0 Å². The van der Waals surface area contributed by atoms with Crippen LogP contribution in [0.5, 0.6) is 5.75 Å². The summed E-state index contributed by atoms with van der Waals surface area (Å²) >= 11 is 1.28. The minimum absolute atomic E-state index is 0.161. The summed E-state index contributed by atoms with van der Waals surface area (Å²) in [5.41, 5.74) is 4.70. The fourth-order valence-corrected chi connectivity index (χ4v) is 5.22. The van der Waals surface area contributed by atoms with Gasteiger partial charge in [-0.25, -0.2) is 9.78 Å². The average Bonchev–Trinajstić information content (AvgIpc) is 3.44. The van der Waals surface area contributed by atoms with E-state index >= 15 is 0 Å². The van der Waals surface area contributed by atoms with Crippen molar-refractivity contribution in [1.82, 2.24) is 4.98 Å². The molecule has 1 aromatic heterocycles. The lowest BCUT2D eigenvalue weighted by atomic mass is 10.0. The highest BCUT2D eigenvalue weighted by atomic mass is 32.1. The lowest BCUT2D eigenvalue weighted by Gasteiger charge is -2.06. The molecule has 5 aromatic rings. The molecule has 204 valence electrons. The summed E-state index contributed by atoms with van der Waals surface area (Å²) in [4.78, 5) is 28.4. The van der Waals surface area contributed by atoms with Crippen LogP contribution in [0.15, 0.2) is 113 Å². The van der Waals surface area contributed by atoms with Crippen molar-refractivity contribution in [3.05, 3.63) is 119 Å². The molecule has 0 saturated heterocycles. The Hall–Kier alpha value is -5.22. The summed E-state index contributed by atoms with van der Waals surface area (Å²) in [7, 11) is 1.60. The molecule has 0 saturated carbocycles. The van der Waals surface area contributed by atoms with Crippen LogP contribution in [-0.4, -0.2) is 34.1 Å². The standard InChI is InChI=1S/C31H24N4O5S/c1-40-25-17-15-23(16-18-25)29-28(22-13-11-21(12-14-22)20-7-3-2-4-8-20)32-31(41-29)34-33-26(30(36)37)19-24-9-5-6-10-27(24)35(38)39/h2-18,26H,19H2,1H3,(H,36,37). The smallest absolute Gasteiger partial charge is 0.330 e. The van der Waals surface area contributed by atoms with Crippen LogP contribution in [0.1, 0.15) is 5.56 Å². The normalized spacial score (nSPS) is 11.8. The van der Waals surface area contributed by atoms with Crippen molar-refractivity contribution in [1.29, 1.82) is 0 Å². The van der Waals surface area contributed by atoms with Crippen molar-refractivity contribution < 1.29 is 19.6 Å². The van der Waals surface area contributed by atoms with Crippen molar-refractivity contribution in [3.63, 3.8) is 0 Å². The van der Waals surface area contributed by atoms with Gasteiger partial charge < -0.3 is 9.84 Å². The number of nitro groups is 1. The van der Waals surface area contributed by atoms with Gasteiger partial charge in [-0.2, -0.15) is 5.11 Å². The number of nitro benzene ring substituents is 1. The van der Waals surface area contributed by atoms with Gasteiger partial charge >= 0.3 is 5.97 Å². The first-order valence-electron chi connectivity index (χ1n) is 12.6. The molecule has 0 aliphatic rings.